The summed E-state index contributed by atoms with van der Waals surface area (Å²) in [6, 6.07) is 7.59. The van der Waals surface area contributed by atoms with E-state index in [9.17, 15) is 0 Å². The second kappa shape index (κ2) is 7.59. The molecule has 0 aliphatic rings. The van der Waals surface area contributed by atoms with E-state index in [1.807, 2.05) is 31.2 Å². The standard InChI is InChI=1S/C15H16Cl3NOS/c1-3-6-20-13-5-4-10(7-12(13)16)19-9(2)11-8-14(17)21-15(11)18/h4-5,7-9,19H,3,6H2,1-2H3. The Morgan fingerprint density at radius 3 is 2.57 bits per heavy atom. The third-order valence-corrected chi connectivity index (χ3v) is 4.74. The summed E-state index contributed by atoms with van der Waals surface area (Å²) in [5.41, 5.74) is 1.89. The van der Waals surface area contributed by atoms with Crippen LogP contribution in [0, 0.1) is 0 Å². The maximum absolute atomic E-state index is 6.22. The van der Waals surface area contributed by atoms with E-state index in [0.29, 0.717) is 26.1 Å². The molecule has 1 heterocycles. The molecule has 0 radical (unpaired) electrons. The number of benzene rings is 1. The van der Waals surface area contributed by atoms with Gasteiger partial charge in [-0.3, -0.25) is 0 Å². The third-order valence-electron chi connectivity index (χ3n) is 2.93. The number of thiophene rings is 1. The van der Waals surface area contributed by atoms with E-state index < -0.39 is 0 Å². The van der Waals surface area contributed by atoms with Gasteiger partial charge in [-0.2, -0.15) is 0 Å². The van der Waals surface area contributed by atoms with E-state index in [1.54, 1.807) is 0 Å². The number of rotatable bonds is 6. The van der Waals surface area contributed by atoms with E-state index in [2.05, 4.69) is 12.2 Å². The first-order valence-corrected chi connectivity index (χ1v) is 8.60. The molecule has 1 aromatic heterocycles. The maximum Gasteiger partial charge on any atom is 0.138 e. The molecule has 21 heavy (non-hydrogen) atoms. The summed E-state index contributed by atoms with van der Waals surface area (Å²) in [4.78, 5) is 0. The van der Waals surface area contributed by atoms with E-state index in [0.717, 1.165) is 17.7 Å². The van der Waals surface area contributed by atoms with Gasteiger partial charge in [0.2, 0.25) is 0 Å². The van der Waals surface area contributed by atoms with Crippen molar-refractivity contribution in [2.45, 2.75) is 26.3 Å². The van der Waals surface area contributed by atoms with Crippen LogP contribution in [-0.4, -0.2) is 6.61 Å². The average Bonchev–Trinajstić information content (AvgIpc) is 2.77. The van der Waals surface area contributed by atoms with Crippen LogP contribution in [0.5, 0.6) is 5.75 Å². The van der Waals surface area contributed by atoms with Crippen molar-refractivity contribution in [3.05, 3.63) is 43.5 Å². The summed E-state index contributed by atoms with van der Waals surface area (Å²) in [6.07, 6.45) is 0.949. The molecule has 2 rings (SSSR count). The van der Waals surface area contributed by atoms with Crippen LogP contribution < -0.4 is 10.1 Å². The Hall–Kier alpha value is -0.610. The third kappa shape index (κ3) is 4.43. The zero-order valence-corrected chi connectivity index (χ0v) is 14.8. The van der Waals surface area contributed by atoms with Crippen LogP contribution in [0.4, 0.5) is 5.69 Å². The van der Waals surface area contributed by atoms with Crippen molar-refractivity contribution in [3.8, 4) is 5.75 Å². The number of hydrogen-bond acceptors (Lipinski definition) is 3. The summed E-state index contributed by atoms with van der Waals surface area (Å²) < 4.78 is 6.94. The van der Waals surface area contributed by atoms with Crippen molar-refractivity contribution in [2.24, 2.45) is 0 Å². The molecule has 0 fully saturated rings. The molecular formula is C15H16Cl3NOS. The normalized spacial score (nSPS) is 12.2. The lowest BCUT2D eigenvalue weighted by Gasteiger charge is -2.16. The van der Waals surface area contributed by atoms with Gasteiger partial charge < -0.3 is 10.1 Å². The molecule has 114 valence electrons. The second-order valence-electron chi connectivity index (χ2n) is 4.64. The monoisotopic (exact) mass is 363 g/mol. The SMILES string of the molecule is CCCOc1ccc(NC(C)c2cc(Cl)sc2Cl)cc1Cl. The molecule has 0 saturated carbocycles. The Balaban J connectivity index is 2.09. The smallest absolute Gasteiger partial charge is 0.138 e. The van der Waals surface area contributed by atoms with Crippen LogP contribution in [-0.2, 0) is 0 Å². The fourth-order valence-electron chi connectivity index (χ4n) is 1.90. The molecule has 0 aliphatic carbocycles. The number of anilines is 1. The highest BCUT2D eigenvalue weighted by Crippen LogP contribution is 2.37. The summed E-state index contributed by atoms with van der Waals surface area (Å²) in [5.74, 6) is 0.702. The Morgan fingerprint density at radius 1 is 1.24 bits per heavy atom. The van der Waals surface area contributed by atoms with Gasteiger partial charge in [-0.15, -0.1) is 11.3 Å². The minimum absolute atomic E-state index is 0.0414. The molecule has 1 unspecified atom stereocenters. The van der Waals surface area contributed by atoms with Gasteiger partial charge in [0.1, 0.15) is 5.75 Å². The van der Waals surface area contributed by atoms with E-state index in [4.69, 9.17) is 39.5 Å². The largest absolute Gasteiger partial charge is 0.492 e. The van der Waals surface area contributed by atoms with E-state index in [1.165, 1.54) is 11.3 Å². The topological polar surface area (TPSA) is 21.3 Å². The average molecular weight is 365 g/mol. The van der Waals surface area contributed by atoms with E-state index >= 15 is 0 Å². The molecule has 2 nitrogen and oxygen atoms in total. The van der Waals surface area contributed by atoms with Crippen LogP contribution in [0.3, 0.4) is 0 Å². The molecular weight excluding hydrogens is 349 g/mol. The summed E-state index contributed by atoms with van der Waals surface area (Å²) in [7, 11) is 0. The van der Waals surface area contributed by atoms with Gasteiger partial charge in [0.15, 0.2) is 0 Å². The molecule has 1 aromatic carbocycles. The fourth-order valence-corrected chi connectivity index (χ4v) is 3.78. The van der Waals surface area contributed by atoms with Crippen molar-refractivity contribution in [2.75, 3.05) is 11.9 Å². The number of hydrogen-bond donors (Lipinski definition) is 1. The van der Waals surface area contributed by atoms with Crippen molar-refractivity contribution in [1.29, 1.82) is 0 Å². The van der Waals surface area contributed by atoms with E-state index in [-0.39, 0.29) is 6.04 Å². The zero-order chi connectivity index (χ0) is 15.4. The molecule has 0 spiro atoms. The second-order valence-corrected chi connectivity index (χ2v) is 7.33. The fraction of sp³-hybridized carbons (Fsp3) is 0.333. The van der Waals surface area contributed by atoms with Gasteiger partial charge in [0, 0.05) is 11.3 Å². The number of halogens is 3. The van der Waals surface area contributed by atoms with Gasteiger partial charge in [0.25, 0.3) is 0 Å². The zero-order valence-electron chi connectivity index (χ0n) is 11.8. The highest BCUT2D eigenvalue weighted by atomic mass is 35.5. The predicted octanol–water partition coefficient (Wildman–Crippen LogP) is 6.67. The lowest BCUT2D eigenvalue weighted by molar-refractivity contribution is 0.317. The van der Waals surface area contributed by atoms with Crippen LogP contribution >= 0.6 is 46.1 Å². The van der Waals surface area contributed by atoms with Crippen LogP contribution in [0.2, 0.25) is 13.7 Å². The van der Waals surface area contributed by atoms with Crippen molar-refractivity contribution in [1.82, 2.24) is 0 Å². The Bertz CT molecular complexity index is 615. The number of ether oxygens (including phenoxy) is 1. The Kier molecular flexibility index (Phi) is 6.06. The van der Waals surface area contributed by atoms with Crippen LogP contribution in [0.1, 0.15) is 31.9 Å². The van der Waals surface area contributed by atoms with Gasteiger partial charge >= 0.3 is 0 Å². The van der Waals surface area contributed by atoms with Crippen LogP contribution in [0.15, 0.2) is 24.3 Å². The van der Waals surface area contributed by atoms with Gasteiger partial charge in [-0.1, -0.05) is 41.7 Å². The summed E-state index contributed by atoms with van der Waals surface area (Å²) >= 11 is 19.7. The quantitative estimate of drug-likeness (QED) is 0.618. The van der Waals surface area contributed by atoms with Gasteiger partial charge in [-0.05, 0) is 37.6 Å². The molecule has 0 saturated heterocycles. The minimum Gasteiger partial charge on any atom is -0.492 e. The van der Waals surface area contributed by atoms with Gasteiger partial charge in [-0.25, -0.2) is 0 Å². The van der Waals surface area contributed by atoms with Crippen molar-refractivity contribution >= 4 is 51.8 Å². The molecule has 1 atom stereocenters. The lowest BCUT2D eigenvalue weighted by Crippen LogP contribution is -2.06. The Morgan fingerprint density at radius 2 is 2.00 bits per heavy atom. The first kappa shape index (κ1) is 16.8. The minimum atomic E-state index is 0.0414. The first-order chi connectivity index (χ1) is 10.0. The summed E-state index contributed by atoms with van der Waals surface area (Å²) in [6.45, 7) is 4.74. The van der Waals surface area contributed by atoms with Crippen LogP contribution in [0.25, 0.3) is 0 Å². The summed E-state index contributed by atoms with van der Waals surface area (Å²) in [5, 5.41) is 3.95. The van der Waals surface area contributed by atoms with Gasteiger partial charge in [0.05, 0.1) is 26.3 Å². The molecule has 6 heteroatoms. The molecule has 0 bridgehead atoms. The lowest BCUT2D eigenvalue weighted by atomic mass is 10.1. The molecule has 1 N–H and O–H groups in total. The molecule has 2 aromatic rings. The molecule has 0 amide bonds. The van der Waals surface area contributed by atoms with Crippen molar-refractivity contribution in [3.63, 3.8) is 0 Å². The first-order valence-electron chi connectivity index (χ1n) is 6.65. The maximum atomic E-state index is 6.22. The number of nitrogens with one attached hydrogen (secondary N) is 1. The van der Waals surface area contributed by atoms with Crippen molar-refractivity contribution < 1.29 is 4.74 Å². The molecule has 0 aliphatic heterocycles. The highest BCUT2D eigenvalue weighted by molar-refractivity contribution is 7.20. The highest BCUT2D eigenvalue weighted by Gasteiger charge is 2.14. The predicted molar refractivity (Wildman–Crippen MR) is 93.6 cm³/mol. The Labute approximate surface area is 144 Å².